The maximum Gasteiger partial charge on any atom is 0.257 e. The lowest BCUT2D eigenvalue weighted by molar-refractivity contribution is 0.102. The first-order chi connectivity index (χ1) is 12.1. The van der Waals surface area contributed by atoms with Crippen molar-refractivity contribution in [2.75, 3.05) is 5.32 Å². The Bertz CT molecular complexity index is 952. The summed E-state index contributed by atoms with van der Waals surface area (Å²) in [5.74, 6) is 0.392. The zero-order chi connectivity index (χ0) is 17.4. The molecule has 1 fully saturated rings. The summed E-state index contributed by atoms with van der Waals surface area (Å²) < 4.78 is 1.83. The van der Waals surface area contributed by atoms with Crippen LogP contribution in [0.25, 0.3) is 11.4 Å². The van der Waals surface area contributed by atoms with E-state index >= 15 is 0 Å². The predicted octanol–water partition coefficient (Wildman–Crippen LogP) is 4.23. The molecule has 4 rings (SSSR count). The van der Waals surface area contributed by atoms with Crippen molar-refractivity contribution in [1.29, 1.82) is 0 Å². The molecule has 0 spiro atoms. The number of hydrogen-bond donors (Lipinski definition) is 1. The van der Waals surface area contributed by atoms with Gasteiger partial charge in [0.1, 0.15) is 0 Å². The number of hydrogen-bond acceptors (Lipinski definition) is 4. The van der Waals surface area contributed by atoms with E-state index in [1.54, 1.807) is 18.2 Å². The van der Waals surface area contributed by atoms with Gasteiger partial charge in [0, 0.05) is 16.3 Å². The Morgan fingerprint density at radius 2 is 2.00 bits per heavy atom. The Balaban J connectivity index is 1.59. The maximum atomic E-state index is 12.4. The largest absolute Gasteiger partial charge is 0.322 e. The summed E-state index contributed by atoms with van der Waals surface area (Å²) in [4.78, 5) is 12.4. The number of carbonyl (C=O) groups excluding carboxylic acids is 1. The number of benzene rings is 2. The van der Waals surface area contributed by atoms with Gasteiger partial charge in [0.25, 0.3) is 5.91 Å². The Morgan fingerprint density at radius 1 is 1.16 bits per heavy atom. The minimum atomic E-state index is -0.305. The van der Waals surface area contributed by atoms with Crippen LogP contribution in [0.15, 0.2) is 42.5 Å². The van der Waals surface area contributed by atoms with E-state index in [-0.39, 0.29) is 5.91 Å². The van der Waals surface area contributed by atoms with Gasteiger partial charge < -0.3 is 5.32 Å². The molecule has 3 aromatic rings. The Hall–Kier alpha value is -2.44. The predicted molar refractivity (Wildman–Crippen MR) is 95.9 cm³/mol. The van der Waals surface area contributed by atoms with Gasteiger partial charge >= 0.3 is 0 Å². The monoisotopic (exact) mass is 373 g/mol. The highest BCUT2D eigenvalue weighted by Crippen LogP contribution is 2.36. The first kappa shape index (κ1) is 16.1. The molecule has 0 radical (unpaired) electrons. The summed E-state index contributed by atoms with van der Waals surface area (Å²) in [7, 11) is 0. The molecule has 25 heavy (non-hydrogen) atoms. The van der Waals surface area contributed by atoms with Gasteiger partial charge in [0.15, 0.2) is 5.82 Å². The minimum Gasteiger partial charge on any atom is -0.322 e. The number of carbonyl (C=O) groups is 1. The van der Waals surface area contributed by atoms with Gasteiger partial charge in [-0.3, -0.25) is 4.79 Å². The molecule has 0 aliphatic heterocycles. The van der Waals surface area contributed by atoms with Crippen molar-refractivity contribution in [2.24, 2.45) is 0 Å². The molecule has 0 unspecified atom stereocenters. The summed E-state index contributed by atoms with van der Waals surface area (Å²) in [6, 6.07) is 12.5. The van der Waals surface area contributed by atoms with E-state index in [9.17, 15) is 4.79 Å². The summed E-state index contributed by atoms with van der Waals surface area (Å²) in [5, 5.41) is 15.5. The number of nitrogens with one attached hydrogen (secondary N) is 1. The highest BCUT2D eigenvalue weighted by molar-refractivity contribution is 6.37. The van der Waals surface area contributed by atoms with Crippen molar-refractivity contribution in [3.63, 3.8) is 0 Å². The van der Waals surface area contributed by atoms with Crippen LogP contribution in [0.2, 0.25) is 10.0 Å². The standard InChI is InChI=1S/C17H13Cl2N5O/c18-11-4-7-14(15(19)9-11)17(25)20-12-3-1-2-10(8-12)16-21-22-23-24(16)13-5-6-13/h1-4,7-9,13H,5-6H2,(H,20,25). The van der Waals surface area contributed by atoms with Crippen LogP contribution < -0.4 is 5.32 Å². The van der Waals surface area contributed by atoms with E-state index < -0.39 is 0 Å². The number of rotatable bonds is 4. The third-order valence-electron chi connectivity index (χ3n) is 3.94. The number of tetrazole rings is 1. The van der Waals surface area contributed by atoms with E-state index in [4.69, 9.17) is 23.2 Å². The van der Waals surface area contributed by atoms with Crippen LogP contribution in [0.1, 0.15) is 29.2 Å². The topological polar surface area (TPSA) is 72.7 Å². The van der Waals surface area contributed by atoms with E-state index in [1.165, 1.54) is 6.07 Å². The van der Waals surface area contributed by atoms with Crippen LogP contribution in [0.3, 0.4) is 0 Å². The highest BCUT2D eigenvalue weighted by Gasteiger charge is 2.28. The maximum absolute atomic E-state index is 12.4. The molecular weight excluding hydrogens is 361 g/mol. The fraction of sp³-hybridized carbons (Fsp3) is 0.176. The number of halogens is 2. The average Bonchev–Trinajstić information content (AvgIpc) is 3.31. The average molecular weight is 374 g/mol. The van der Waals surface area contributed by atoms with Gasteiger partial charge in [-0.15, -0.1) is 5.10 Å². The van der Waals surface area contributed by atoms with Gasteiger partial charge in [-0.25, -0.2) is 4.68 Å². The summed E-state index contributed by atoms with van der Waals surface area (Å²) in [6.07, 6.45) is 2.17. The van der Waals surface area contributed by atoms with E-state index in [0.29, 0.717) is 33.2 Å². The van der Waals surface area contributed by atoms with Crippen molar-refractivity contribution in [3.8, 4) is 11.4 Å². The first-order valence-electron chi connectivity index (χ1n) is 7.76. The molecule has 0 bridgehead atoms. The van der Waals surface area contributed by atoms with Gasteiger partial charge in [-0.2, -0.15) is 0 Å². The van der Waals surface area contributed by atoms with Crippen LogP contribution in [-0.2, 0) is 0 Å². The lowest BCUT2D eigenvalue weighted by Crippen LogP contribution is -2.12. The summed E-state index contributed by atoms with van der Waals surface area (Å²) >= 11 is 12.0. The van der Waals surface area contributed by atoms with Crippen LogP contribution in [0, 0.1) is 0 Å². The van der Waals surface area contributed by atoms with Gasteiger partial charge in [-0.05, 0) is 53.6 Å². The van der Waals surface area contributed by atoms with Crippen molar-refractivity contribution in [1.82, 2.24) is 20.2 Å². The molecule has 1 aliphatic rings. The first-order valence-corrected chi connectivity index (χ1v) is 8.52. The minimum absolute atomic E-state index is 0.304. The number of nitrogens with zero attached hydrogens (tertiary/aromatic N) is 4. The molecule has 8 heteroatoms. The van der Waals surface area contributed by atoms with Gasteiger partial charge in [0.2, 0.25) is 0 Å². The van der Waals surface area contributed by atoms with Crippen LogP contribution in [-0.4, -0.2) is 26.1 Å². The van der Waals surface area contributed by atoms with Crippen molar-refractivity contribution < 1.29 is 4.79 Å². The molecule has 1 aromatic heterocycles. The van der Waals surface area contributed by atoms with Crippen molar-refractivity contribution in [2.45, 2.75) is 18.9 Å². The Morgan fingerprint density at radius 3 is 2.76 bits per heavy atom. The zero-order valence-corrected chi connectivity index (χ0v) is 14.5. The molecule has 0 saturated heterocycles. The zero-order valence-electron chi connectivity index (χ0n) is 13.0. The molecule has 1 aliphatic carbocycles. The number of anilines is 1. The fourth-order valence-electron chi connectivity index (χ4n) is 2.56. The molecule has 126 valence electrons. The van der Waals surface area contributed by atoms with Crippen LogP contribution >= 0.6 is 23.2 Å². The highest BCUT2D eigenvalue weighted by atomic mass is 35.5. The second kappa shape index (κ2) is 6.46. The quantitative estimate of drug-likeness (QED) is 0.742. The second-order valence-corrected chi connectivity index (χ2v) is 6.68. The third-order valence-corrected chi connectivity index (χ3v) is 4.49. The second-order valence-electron chi connectivity index (χ2n) is 5.84. The van der Waals surface area contributed by atoms with Crippen molar-refractivity contribution >= 4 is 34.8 Å². The Labute approximate surface area is 153 Å². The molecule has 1 N–H and O–H groups in total. The van der Waals surface area contributed by atoms with E-state index in [0.717, 1.165) is 18.4 Å². The molecule has 1 saturated carbocycles. The molecule has 2 aromatic carbocycles. The smallest absolute Gasteiger partial charge is 0.257 e. The SMILES string of the molecule is O=C(Nc1cccc(-c2nnnn2C2CC2)c1)c1ccc(Cl)cc1Cl. The van der Waals surface area contributed by atoms with E-state index in [1.807, 2.05) is 22.9 Å². The number of amides is 1. The number of aromatic nitrogens is 4. The van der Waals surface area contributed by atoms with Gasteiger partial charge in [-0.1, -0.05) is 35.3 Å². The Kier molecular flexibility index (Phi) is 4.15. The molecule has 1 heterocycles. The lowest BCUT2D eigenvalue weighted by atomic mass is 10.1. The lowest BCUT2D eigenvalue weighted by Gasteiger charge is -2.09. The summed E-state index contributed by atoms with van der Waals surface area (Å²) in [5.41, 5.74) is 1.84. The van der Waals surface area contributed by atoms with Gasteiger partial charge in [0.05, 0.1) is 16.6 Å². The molecule has 1 amide bonds. The normalized spacial score (nSPS) is 13.7. The fourth-order valence-corrected chi connectivity index (χ4v) is 3.05. The summed E-state index contributed by atoms with van der Waals surface area (Å²) in [6.45, 7) is 0. The third kappa shape index (κ3) is 3.36. The molecular formula is C17H13Cl2N5O. The van der Waals surface area contributed by atoms with Crippen LogP contribution in [0.4, 0.5) is 5.69 Å². The van der Waals surface area contributed by atoms with Crippen molar-refractivity contribution in [3.05, 3.63) is 58.1 Å². The molecule has 6 nitrogen and oxygen atoms in total. The van der Waals surface area contributed by atoms with E-state index in [2.05, 4.69) is 20.8 Å². The van der Waals surface area contributed by atoms with Crippen LogP contribution in [0.5, 0.6) is 0 Å². The molecule has 0 atom stereocenters.